The summed E-state index contributed by atoms with van der Waals surface area (Å²) in [5, 5.41) is 15.5. The van der Waals surface area contributed by atoms with Crippen LogP contribution in [-0.4, -0.2) is 37.3 Å². The van der Waals surface area contributed by atoms with Gasteiger partial charge in [0, 0.05) is 22.5 Å². The Balaban J connectivity index is 1.40. The number of aromatic nitrogens is 4. The second kappa shape index (κ2) is 11.8. The van der Waals surface area contributed by atoms with Gasteiger partial charge >= 0.3 is 0 Å². The molecule has 0 unspecified atom stereocenters. The van der Waals surface area contributed by atoms with Crippen molar-refractivity contribution in [1.29, 1.82) is 0 Å². The first-order chi connectivity index (χ1) is 17.5. The molecule has 0 fully saturated rings. The summed E-state index contributed by atoms with van der Waals surface area (Å²) in [6.45, 7) is 8.10. The summed E-state index contributed by atoms with van der Waals surface area (Å²) in [5.74, 6) is 0.344. The third-order valence-corrected chi connectivity index (χ3v) is 7.10. The van der Waals surface area contributed by atoms with Crippen LogP contribution in [0, 0.1) is 6.92 Å². The molecule has 0 spiro atoms. The fraction of sp³-hybridized carbons (Fsp3) is 0.192. The molecule has 36 heavy (non-hydrogen) atoms. The summed E-state index contributed by atoms with van der Waals surface area (Å²) in [6.07, 6.45) is 1.73. The zero-order valence-corrected chi connectivity index (χ0v) is 21.6. The molecule has 184 valence electrons. The minimum Gasteiger partial charge on any atom is -0.342 e. The number of thioether (sulfide) groups is 1. The van der Waals surface area contributed by atoms with Gasteiger partial charge in [-0.25, -0.2) is 4.98 Å². The maximum absolute atomic E-state index is 12.7. The highest BCUT2D eigenvalue weighted by Gasteiger charge is 2.21. The van der Waals surface area contributed by atoms with Gasteiger partial charge in [-0.3, -0.25) is 9.59 Å². The van der Waals surface area contributed by atoms with Crippen LogP contribution >= 0.6 is 23.1 Å². The Hall–Kier alpha value is -3.76. The topological polar surface area (TPSA) is 102 Å². The molecule has 10 heteroatoms. The fourth-order valence-electron chi connectivity index (χ4n) is 3.56. The van der Waals surface area contributed by atoms with Gasteiger partial charge in [-0.2, -0.15) is 0 Å². The first-order valence-corrected chi connectivity index (χ1v) is 13.1. The molecular weight excluding hydrogens is 492 g/mol. The number of aryl methyl sites for hydroxylation is 1. The number of carbonyl (C=O) groups is 2. The number of hydrogen-bond donors (Lipinski definition) is 2. The molecule has 0 aliphatic rings. The van der Waals surface area contributed by atoms with Crippen molar-refractivity contribution in [3.8, 4) is 11.3 Å². The van der Waals surface area contributed by atoms with E-state index < -0.39 is 0 Å². The Morgan fingerprint density at radius 3 is 2.50 bits per heavy atom. The standard InChI is InChI=1S/C26H26N6O2S2/c1-4-15-32-23(17(2)27-24(34)20-13-9-6-10-14-20)30-31-26(32)35-16-21(33)28-25-29-22(18(3)36-25)19-11-7-5-8-12-19/h4-14,17H,1,15-16H2,2-3H3,(H,27,34)(H,28,29,33)/t17-/m1/s1. The van der Waals surface area contributed by atoms with E-state index in [4.69, 9.17) is 0 Å². The Labute approximate surface area is 217 Å². The van der Waals surface area contributed by atoms with Crippen molar-refractivity contribution >= 4 is 40.0 Å². The highest BCUT2D eigenvalue weighted by atomic mass is 32.2. The predicted molar refractivity (Wildman–Crippen MR) is 144 cm³/mol. The van der Waals surface area contributed by atoms with Crippen LogP contribution in [-0.2, 0) is 11.3 Å². The van der Waals surface area contributed by atoms with E-state index in [1.807, 2.05) is 66.9 Å². The molecule has 4 rings (SSSR count). The Kier molecular flexibility index (Phi) is 8.29. The van der Waals surface area contributed by atoms with E-state index >= 15 is 0 Å². The molecule has 0 aliphatic heterocycles. The number of thiazole rings is 1. The number of carbonyl (C=O) groups excluding carboxylic acids is 2. The molecule has 2 amide bonds. The molecule has 2 heterocycles. The van der Waals surface area contributed by atoms with E-state index in [0.717, 1.165) is 16.1 Å². The van der Waals surface area contributed by atoms with Crippen molar-refractivity contribution in [2.24, 2.45) is 0 Å². The summed E-state index contributed by atoms with van der Waals surface area (Å²) in [6, 6.07) is 18.5. The van der Waals surface area contributed by atoms with Crippen LogP contribution in [0.4, 0.5) is 5.13 Å². The molecule has 0 saturated heterocycles. The van der Waals surface area contributed by atoms with Gasteiger partial charge in [0.1, 0.15) is 0 Å². The number of rotatable bonds is 10. The van der Waals surface area contributed by atoms with Gasteiger partial charge in [-0.15, -0.1) is 28.1 Å². The molecule has 0 aliphatic carbocycles. The average molecular weight is 519 g/mol. The number of benzene rings is 2. The van der Waals surface area contributed by atoms with Crippen LogP contribution in [0.1, 0.15) is 34.0 Å². The van der Waals surface area contributed by atoms with E-state index in [1.165, 1.54) is 23.1 Å². The van der Waals surface area contributed by atoms with Crippen LogP contribution in [0.3, 0.4) is 0 Å². The van der Waals surface area contributed by atoms with E-state index in [-0.39, 0.29) is 23.6 Å². The van der Waals surface area contributed by atoms with Gasteiger partial charge in [0.25, 0.3) is 5.91 Å². The molecule has 0 bridgehead atoms. The lowest BCUT2D eigenvalue weighted by molar-refractivity contribution is -0.113. The lowest BCUT2D eigenvalue weighted by atomic mass is 10.1. The van der Waals surface area contributed by atoms with Crippen LogP contribution in [0.15, 0.2) is 78.5 Å². The third-order valence-electron chi connectivity index (χ3n) is 5.25. The van der Waals surface area contributed by atoms with Crippen molar-refractivity contribution in [3.63, 3.8) is 0 Å². The Morgan fingerprint density at radius 2 is 1.81 bits per heavy atom. The molecule has 2 N–H and O–H groups in total. The maximum Gasteiger partial charge on any atom is 0.251 e. The van der Waals surface area contributed by atoms with Gasteiger partial charge in [-0.05, 0) is 26.0 Å². The highest BCUT2D eigenvalue weighted by Crippen LogP contribution is 2.30. The summed E-state index contributed by atoms with van der Waals surface area (Å²) >= 11 is 2.71. The summed E-state index contributed by atoms with van der Waals surface area (Å²) in [4.78, 5) is 30.8. The molecule has 8 nitrogen and oxygen atoms in total. The minimum absolute atomic E-state index is 0.138. The van der Waals surface area contributed by atoms with Gasteiger partial charge in [0.2, 0.25) is 5.91 Å². The lowest BCUT2D eigenvalue weighted by Gasteiger charge is -2.15. The maximum atomic E-state index is 12.7. The van der Waals surface area contributed by atoms with Crippen molar-refractivity contribution in [2.75, 3.05) is 11.1 Å². The Bertz CT molecular complexity index is 1350. The number of hydrogen-bond acceptors (Lipinski definition) is 7. The molecule has 0 radical (unpaired) electrons. The summed E-state index contributed by atoms with van der Waals surface area (Å²) < 4.78 is 1.85. The second-order valence-electron chi connectivity index (χ2n) is 7.93. The van der Waals surface area contributed by atoms with E-state index in [0.29, 0.717) is 28.2 Å². The molecule has 0 saturated carbocycles. The van der Waals surface area contributed by atoms with Gasteiger partial charge in [-0.1, -0.05) is 66.4 Å². The molecular formula is C26H26N6O2S2. The van der Waals surface area contributed by atoms with Gasteiger partial charge in [0.15, 0.2) is 16.1 Å². The number of anilines is 1. The summed E-state index contributed by atoms with van der Waals surface area (Å²) in [7, 11) is 0. The average Bonchev–Trinajstić information content (AvgIpc) is 3.46. The van der Waals surface area contributed by atoms with Crippen LogP contribution in [0.2, 0.25) is 0 Å². The van der Waals surface area contributed by atoms with Crippen molar-refractivity contribution in [1.82, 2.24) is 25.1 Å². The fourth-order valence-corrected chi connectivity index (χ4v) is 5.17. The van der Waals surface area contributed by atoms with Crippen molar-refractivity contribution in [3.05, 3.63) is 89.6 Å². The number of nitrogens with one attached hydrogen (secondary N) is 2. The van der Waals surface area contributed by atoms with E-state index in [9.17, 15) is 9.59 Å². The minimum atomic E-state index is -0.386. The first-order valence-electron chi connectivity index (χ1n) is 11.3. The van der Waals surface area contributed by atoms with Crippen molar-refractivity contribution in [2.45, 2.75) is 31.6 Å². The normalized spacial score (nSPS) is 11.6. The molecule has 1 atom stereocenters. The van der Waals surface area contributed by atoms with Gasteiger partial charge in [0.05, 0.1) is 17.5 Å². The largest absolute Gasteiger partial charge is 0.342 e. The van der Waals surface area contributed by atoms with E-state index in [1.54, 1.807) is 18.2 Å². The smallest absolute Gasteiger partial charge is 0.251 e. The quantitative estimate of drug-likeness (QED) is 0.223. The van der Waals surface area contributed by atoms with Gasteiger partial charge < -0.3 is 15.2 Å². The van der Waals surface area contributed by atoms with Crippen LogP contribution in [0.25, 0.3) is 11.3 Å². The zero-order chi connectivity index (χ0) is 25.5. The zero-order valence-electron chi connectivity index (χ0n) is 20.0. The van der Waals surface area contributed by atoms with Crippen LogP contribution < -0.4 is 10.6 Å². The second-order valence-corrected chi connectivity index (χ2v) is 10.1. The highest BCUT2D eigenvalue weighted by molar-refractivity contribution is 7.99. The van der Waals surface area contributed by atoms with E-state index in [2.05, 4.69) is 32.4 Å². The molecule has 2 aromatic heterocycles. The Morgan fingerprint density at radius 1 is 1.11 bits per heavy atom. The van der Waals surface area contributed by atoms with Crippen molar-refractivity contribution < 1.29 is 9.59 Å². The monoisotopic (exact) mass is 518 g/mol. The number of nitrogens with zero attached hydrogens (tertiary/aromatic N) is 4. The third kappa shape index (κ3) is 6.07. The lowest BCUT2D eigenvalue weighted by Crippen LogP contribution is -2.28. The number of amides is 2. The SMILES string of the molecule is C=CCn1c(SCC(=O)Nc2nc(-c3ccccc3)c(C)s2)nnc1[C@@H](C)NC(=O)c1ccccc1. The summed E-state index contributed by atoms with van der Waals surface area (Å²) in [5.41, 5.74) is 2.45. The predicted octanol–water partition coefficient (Wildman–Crippen LogP) is 5.12. The first kappa shape index (κ1) is 25.3. The molecule has 2 aromatic carbocycles. The molecule has 4 aromatic rings. The number of allylic oxidation sites excluding steroid dienone is 1. The van der Waals surface area contributed by atoms with Crippen LogP contribution in [0.5, 0.6) is 0 Å².